The zero-order valence-electron chi connectivity index (χ0n) is 14.7. The third kappa shape index (κ3) is 3.60. The smallest absolute Gasteiger partial charge is 0.282 e. The van der Waals surface area contributed by atoms with Gasteiger partial charge in [-0.05, 0) is 44.0 Å². The lowest BCUT2D eigenvalue weighted by atomic mass is 10.2. The Morgan fingerprint density at radius 2 is 1.88 bits per heavy atom. The molecule has 5 heteroatoms. The lowest BCUT2D eigenvalue weighted by molar-refractivity contribution is 0.287. The third-order valence-electron chi connectivity index (χ3n) is 4.05. The van der Waals surface area contributed by atoms with Crippen molar-refractivity contribution in [2.45, 2.75) is 33.8 Å². The van der Waals surface area contributed by atoms with Crippen LogP contribution < -0.4 is 10.3 Å². The predicted molar refractivity (Wildman–Crippen MR) is 100 cm³/mol. The molecule has 1 aromatic heterocycles. The van der Waals surface area contributed by atoms with Gasteiger partial charge in [0.2, 0.25) is 0 Å². The van der Waals surface area contributed by atoms with Crippen LogP contribution in [0, 0.1) is 6.92 Å². The number of aryl methyl sites for hydroxylation is 1. The quantitative estimate of drug-likeness (QED) is 0.664. The SMILES string of the molecule is CC/C(C)=N/n1c(COc2ccccc2C)nc2ccccc2c1=O. The van der Waals surface area contributed by atoms with Gasteiger partial charge >= 0.3 is 0 Å². The Bertz CT molecular complexity index is 990. The fourth-order valence-electron chi connectivity index (χ4n) is 2.47. The van der Waals surface area contributed by atoms with E-state index in [1.807, 2.05) is 63.2 Å². The summed E-state index contributed by atoms with van der Waals surface area (Å²) in [4.78, 5) is 17.4. The maximum Gasteiger partial charge on any atom is 0.282 e. The van der Waals surface area contributed by atoms with Crippen LogP contribution in [0.3, 0.4) is 0 Å². The number of hydrogen-bond acceptors (Lipinski definition) is 4. The summed E-state index contributed by atoms with van der Waals surface area (Å²) >= 11 is 0. The maximum atomic E-state index is 12.8. The number of nitrogens with zero attached hydrogens (tertiary/aromatic N) is 3. The number of fused-ring (bicyclic) bond motifs is 1. The molecule has 25 heavy (non-hydrogen) atoms. The molecule has 0 radical (unpaired) electrons. The molecule has 0 saturated heterocycles. The second-order valence-corrected chi connectivity index (χ2v) is 5.91. The summed E-state index contributed by atoms with van der Waals surface area (Å²) in [5, 5.41) is 4.99. The van der Waals surface area contributed by atoms with E-state index in [-0.39, 0.29) is 12.2 Å². The van der Waals surface area contributed by atoms with E-state index in [0.29, 0.717) is 16.7 Å². The number of aromatic nitrogens is 2. The fourth-order valence-corrected chi connectivity index (χ4v) is 2.47. The largest absolute Gasteiger partial charge is 0.485 e. The standard InChI is InChI=1S/C20H21N3O2/c1-4-15(3)22-23-19(13-25-18-12-8-5-9-14(18)2)21-17-11-7-6-10-16(17)20(23)24/h5-12H,4,13H2,1-3H3/b22-15+. The number of benzene rings is 2. The zero-order chi connectivity index (χ0) is 17.8. The molecule has 0 spiro atoms. The molecule has 3 aromatic rings. The minimum Gasteiger partial charge on any atom is -0.485 e. The van der Waals surface area contributed by atoms with Crippen molar-refractivity contribution in [2.24, 2.45) is 5.10 Å². The molecule has 0 atom stereocenters. The fraction of sp³-hybridized carbons (Fsp3) is 0.250. The first-order valence-corrected chi connectivity index (χ1v) is 8.33. The van der Waals surface area contributed by atoms with E-state index in [9.17, 15) is 4.79 Å². The summed E-state index contributed by atoms with van der Waals surface area (Å²) in [5.74, 6) is 1.26. The summed E-state index contributed by atoms with van der Waals surface area (Å²) in [6.45, 7) is 6.05. The Morgan fingerprint density at radius 3 is 2.64 bits per heavy atom. The molecule has 0 aliphatic heterocycles. The molecule has 0 fully saturated rings. The van der Waals surface area contributed by atoms with Crippen molar-refractivity contribution in [2.75, 3.05) is 0 Å². The molecule has 0 unspecified atom stereocenters. The van der Waals surface area contributed by atoms with Crippen LogP contribution >= 0.6 is 0 Å². The average Bonchev–Trinajstić information content (AvgIpc) is 2.63. The van der Waals surface area contributed by atoms with Crippen molar-refractivity contribution < 1.29 is 4.74 Å². The van der Waals surface area contributed by atoms with Crippen molar-refractivity contribution in [1.82, 2.24) is 9.66 Å². The molecule has 0 bridgehead atoms. The Balaban J connectivity index is 2.07. The minimum absolute atomic E-state index is 0.172. The first-order chi connectivity index (χ1) is 12.1. The molecule has 0 amide bonds. The van der Waals surface area contributed by atoms with Gasteiger partial charge in [-0.2, -0.15) is 9.78 Å². The van der Waals surface area contributed by atoms with E-state index >= 15 is 0 Å². The molecule has 3 rings (SSSR count). The van der Waals surface area contributed by atoms with Crippen LogP contribution in [-0.4, -0.2) is 15.4 Å². The Hall–Kier alpha value is -2.95. The first-order valence-electron chi connectivity index (χ1n) is 8.33. The zero-order valence-corrected chi connectivity index (χ0v) is 14.7. The van der Waals surface area contributed by atoms with Gasteiger partial charge in [0.05, 0.1) is 10.9 Å². The molecular formula is C20H21N3O2. The molecule has 0 aliphatic carbocycles. The van der Waals surface area contributed by atoms with Crippen molar-refractivity contribution in [1.29, 1.82) is 0 Å². The van der Waals surface area contributed by atoms with E-state index in [4.69, 9.17) is 4.74 Å². The van der Waals surface area contributed by atoms with Crippen LogP contribution in [-0.2, 0) is 6.61 Å². The maximum absolute atomic E-state index is 12.8. The summed E-state index contributed by atoms with van der Waals surface area (Å²) in [7, 11) is 0. The van der Waals surface area contributed by atoms with Crippen molar-refractivity contribution in [3.05, 3.63) is 70.3 Å². The topological polar surface area (TPSA) is 56.5 Å². The van der Waals surface area contributed by atoms with E-state index in [0.717, 1.165) is 23.4 Å². The minimum atomic E-state index is -0.179. The van der Waals surface area contributed by atoms with Gasteiger partial charge in [-0.1, -0.05) is 37.3 Å². The van der Waals surface area contributed by atoms with Crippen molar-refractivity contribution in [3.63, 3.8) is 0 Å². The monoisotopic (exact) mass is 335 g/mol. The highest BCUT2D eigenvalue weighted by molar-refractivity contribution is 5.82. The highest BCUT2D eigenvalue weighted by Crippen LogP contribution is 2.18. The molecule has 1 heterocycles. The van der Waals surface area contributed by atoms with Crippen LogP contribution in [0.5, 0.6) is 5.75 Å². The van der Waals surface area contributed by atoms with E-state index < -0.39 is 0 Å². The van der Waals surface area contributed by atoms with E-state index in [1.54, 1.807) is 6.07 Å². The van der Waals surface area contributed by atoms with Crippen LogP contribution in [0.1, 0.15) is 31.7 Å². The van der Waals surface area contributed by atoms with Gasteiger partial charge in [0.15, 0.2) is 5.82 Å². The Kier molecular flexibility index (Phi) is 4.93. The van der Waals surface area contributed by atoms with E-state index in [1.165, 1.54) is 4.68 Å². The molecule has 0 saturated carbocycles. The second-order valence-electron chi connectivity index (χ2n) is 5.91. The molecule has 128 valence electrons. The Morgan fingerprint density at radius 1 is 1.16 bits per heavy atom. The van der Waals surface area contributed by atoms with Crippen LogP contribution in [0.4, 0.5) is 0 Å². The summed E-state index contributed by atoms with van der Waals surface area (Å²) < 4.78 is 7.25. The van der Waals surface area contributed by atoms with Gasteiger partial charge in [0, 0.05) is 5.71 Å². The molecule has 5 nitrogen and oxygen atoms in total. The lowest BCUT2D eigenvalue weighted by Gasteiger charge is -2.12. The molecule has 0 N–H and O–H groups in total. The highest BCUT2D eigenvalue weighted by atomic mass is 16.5. The van der Waals surface area contributed by atoms with Crippen molar-refractivity contribution in [3.8, 4) is 5.75 Å². The summed E-state index contributed by atoms with van der Waals surface area (Å²) in [5.41, 5.74) is 2.36. The van der Waals surface area contributed by atoms with Gasteiger partial charge in [0.25, 0.3) is 5.56 Å². The normalized spacial score (nSPS) is 11.7. The third-order valence-corrected chi connectivity index (χ3v) is 4.05. The van der Waals surface area contributed by atoms with Crippen LogP contribution in [0.15, 0.2) is 58.4 Å². The highest BCUT2D eigenvalue weighted by Gasteiger charge is 2.12. The van der Waals surface area contributed by atoms with Crippen LogP contribution in [0.2, 0.25) is 0 Å². The predicted octanol–water partition coefficient (Wildman–Crippen LogP) is 3.92. The van der Waals surface area contributed by atoms with Gasteiger partial charge < -0.3 is 4.74 Å². The van der Waals surface area contributed by atoms with Crippen molar-refractivity contribution >= 4 is 16.6 Å². The average molecular weight is 335 g/mol. The van der Waals surface area contributed by atoms with Gasteiger partial charge in [-0.15, -0.1) is 0 Å². The van der Waals surface area contributed by atoms with Crippen LogP contribution in [0.25, 0.3) is 10.9 Å². The van der Waals surface area contributed by atoms with Gasteiger partial charge in [-0.3, -0.25) is 4.79 Å². The van der Waals surface area contributed by atoms with Gasteiger partial charge in [0.1, 0.15) is 12.4 Å². The molecular weight excluding hydrogens is 314 g/mol. The van der Waals surface area contributed by atoms with Gasteiger partial charge in [-0.25, -0.2) is 4.98 Å². The molecule has 0 aliphatic rings. The number of ether oxygens (including phenoxy) is 1. The molecule has 2 aromatic carbocycles. The second kappa shape index (κ2) is 7.30. The number of para-hydroxylation sites is 2. The Labute approximate surface area is 146 Å². The lowest BCUT2D eigenvalue weighted by Crippen LogP contribution is -2.24. The summed E-state index contributed by atoms with van der Waals surface area (Å²) in [6.07, 6.45) is 0.761. The number of hydrogen-bond donors (Lipinski definition) is 0. The number of rotatable bonds is 5. The first kappa shape index (κ1) is 16.9. The van der Waals surface area contributed by atoms with E-state index in [2.05, 4.69) is 10.1 Å². The summed E-state index contributed by atoms with van der Waals surface area (Å²) in [6, 6.07) is 15.1.